The number of anilines is 1. The Kier molecular flexibility index (Phi) is 10.8. The number of amides is 2. The van der Waals surface area contributed by atoms with Crippen molar-refractivity contribution >= 4 is 17.5 Å². The minimum Gasteiger partial charge on any atom is -0.509 e. The topological polar surface area (TPSA) is 117 Å². The second kappa shape index (κ2) is 15.0. The molecule has 6 rings (SSSR count). The number of para-hydroxylation sites is 1. The molecule has 19 heteroatoms. The van der Waals surface area contributed by atoms with E-state index in [1.165, 1.54) is 30.1 Å². The number of hydrogen-bond donors (Lipinski definition) is 2. The molecule has 1 aromatic heterocycles. The molecule has 3 aliphatic rings. The summed E-state index contributed by atoms with van der Waals surface area (Å²) < 4.78 is 126. The van der Waals surface area contributed by atoms with E-state index in [1.807, 2.05) is 4.90 Å². The van der Waals surface area contributed by atoms with Crippen molar-refractivity contribution in [3.63, 3.8) is 0 Å². The molecule has 1 atom stereocenters. The number of halogens is 8. The molecule has 2 aromatic carbocycles. The van der Waals surface area contributed by atoms with Gasteiger partial charge in [0.15, 0.2) is 11.6 Å². The number of nitrogens with one attached hydrogen (secondary N) is 1. The van der Waals surface area contributed by atoms with Crippen LogP contribution in [0.25, 0.3) is 11.3 Å². The van der Waals surface area contributed by atoms with Gasteiger partial charge in [-0.25, -0.2) is 14.4 Å². The van der Waals surface area contributed by atoms with Crippen LogP contribution in [0.15, 0.2) is 59.9 Å². The highest BCUT2D eigenvalue weighted by atomic mass is 19.4. The van der Waals surface area contributed by atoms with Crippen LogP contribution < -0.4 is 14.8 Å². The molecular formula is C35H33F8N5O6. The van der Waals surface area contributed by atoms with Crippen LogP contribution >= 0.6 is 0 Å². The maximum atomic E-state index is 15.5. The number of aliphatic hydroxyl groups excluding tert-OH is 1. The van der Waals surface area contributed by atoms with Gasteiger partial charge in [0.05, 0.1) is 36.7 Å². The zero-order valence-corrected chi connectivity index (χ0v) is 28.5. The fraction of sp³-hybridized carbons (Fsp3) is 0.400. The number of pyridine rings is 1. The lowest BCUT2D eigenvalue weighted by Gasteiger charge is -2.46. The van der Waals surface area contributed by atoms with Crippen LogP contribution in [0.1, 0.15) is 31.0 Å². The molecule has 2 saturated heterocycles. The van der Waals surface area contributed by atoms with Crippen molar-refractivity contribution < 1.29 is 64.0 Å². The van der Waals surface area contributed by atoms with Crippen molar-refractivity contribution in [1.29, 1.82) is 0 Å². The third kappa shape index (κ3) is 7.92. The van der Waals surface area contributed by atoms with E-state index in [0.29, 0.717) is 45.3 Å². The fourth-order valence-electron chi connectivity index (χ4n) is 6.61. The van der Waals surface area contributed by atoms with Gasteiger partial charge in [-0.3, -0.25) is 19.5 Å². The number of benzene rings is 2. The quantitative estimate of drug-likeness (QED) is 0.183. The normalized spacial score (nSPS) is 19.9. The predicted molar refractivity (Wildman–Crippen MR) is 174 cm³/mol. The summed E-state index contributed by atoms with van der Waals surface area (Å²) >= 11 is 0. The Bertz CT molecular complexity index is 1950. The molecule has 4 heterocycles. The second-order valence-electron chi connectivity index (χ2n) is 12.8. The van der Waals surface area contributed by atoms with Gasteiger partial charge in [0.2, 0.25) is 5.82 Å². The Morgan fingerprint density at radius 3 is 2.41 bits per heavy atom. The Morgan fingerprint density at radius 1 is 0.981 bits per heavy atom. The van der Waals surface area contributed by atoms with E-state index in [-0.39, 0.29) is 30.9 Å². The Labute approximate surface area is 302 Å². The van der Waals surface area contributed by atoms with Crippen molar-refractivity contribution in [2.45, 2.75) is 44.4 Å². The highest BCUT2D eigenvalue weighted by Gasteiger charge is 2.53. The maximum Gasteiger partial charge on any atom is 0.573 e. The molecule has 0 saturated carbocycles. The van der Waals surface area contributed by atoms with Gasteiger partial charge in [-0.1, -0.05) is 18.2 Å². The Hall–Kier alpha value is -5.01. The van der Waals surface area contributed by atoms with Crippen LogP contribution in [0.3, 0.4) is 0 Å². The average Bonchev–Trinajstić information content (AvgIpc) is 3.52. The summed E-state index contributed by atoms with van der Waals surface area (Å²) in [5, 5.41) is 16.0. The molecule has 0 radical (unpaired) electrons. The van der Waals surface area contributed by atoms with Crippen molar-refractivity contribution in [2.75, 3.05) is 51.3 Å². The van der Waals surface area contributed by atoms with Crippen molar-refractivity contribution in [1.82, 2.24) is 19.9 Å². The average molecular weight is 772 g/mol. The predicted octanol–water partition coefficient (Wildman–Crippen LogP) is 6.22. The summed E-state index contributed by atoms with van der Waals surface area (Å²) in [6.45, 7) is 3.98. The number of aliphatic hydroxyl groups is 1. The van der Waals surface area contributed by atoms with Crippen molar-refractivity contribution in [3.8, 4) is 22.8 Å². The van der Waals surface area contributed by atoms with Gasteiger partial charge >= 0.3 is 12.5 Å². The van der Waals surface area contributed by atoms with E-state index in [1.54, 1.807) is 0 Å². The lowest BCUT2D eigenvalue weighted by molar-refractivity contribution is -0.274. The molecular weight excluding hydrogens is 738 g/mol. The molecule has 11 nitrogen and oxygen atoms in total. The van der Waals surface area contributed by atoms with E-state index in [4.69, 9.17) is 9.47 Å². The first-order chi connectivity index (χ1) is 25.5. The van der Waals surface area contributed by atoms with Crippen LogP contribution in [-0.4, -0.2) is 94.7 Å². The number of fused-ring (bicyclic) bond motifs is 1. The first-order valence-corrected chi connectivity index (χ1v) is 16.7. The molecule has 0 bridgehead atoms. The summed E-state index contributed by atoms with van der Waals surface area (Å²) in [6.07, 6.45) is -9.71. The first-order valence-electron chi connectivity index (χ1n) is 16.7. The van der Waals surface area contributed by atoms with Gasteiger partial charge in [0.25, 0.3) is 11.8 Å². The van der Waals surface area contributed by atoms with Gasteiger partial charge in [-0.05, 0) is 50.1 Å². The summed E-state index contributed by atoms with van der Waals surface area (Å²) in [5.74, 6) is -7.17. The second-order valence-corrected chi connectivity index (χ2v) is 12.8. The molecule has 54 heavy (non-hydrogen) atoms. The number of carbonyl (C=O) groups excluding carboxylic acids is 2. The van der Waals surface area contributed by atoms with E-state index in [0.717, 1.165) is 29.3 Å². The maximum absolute atomic E-state index is 15.5. The zero-order chi connectivity index (χ0) is 39.0. The summed E-state index contributed by atoms with van der Waals surface area (Å²) in [6, 6.07) is 7.73. The highest BCUT2D eigenvalue weighted by molar-refractivity contribution is 6.24. The van der Waals surface area contributed by atoms with Gasteiger partial charge in [-0.15, -0.1) is 13.2 Å². The van der Waals surface area contributed by atoms with Gasteiger partial charge in [0.1, 0.15) is 29.4 Å². The lowest BCUT2D eigenvalue weighted by atomic mass is 9.90. The largest absolute Gasteiger partial charge is 0.573 e. The van der Waals surface area contributed by atoms with E-state index in [2.05, 4.69) is 15.0 Å². The lowest BCUT2D eigenvalue weighted by Crippen LogP contribution is -2.60. The number of aromatic nitrogens is 1. The molecule has 0 unspecified atom stereocenters. The third-order valence-electron chi connectivity index (χ3n) is 9.33. The number of rotatable bonds is 10. The number of carbonyl (C=O) groups is 2. The van der Waals surface area contributed by atoms with E-state index < -0.39 is 87.8 Å². The number of hydrogen-bond acceptors (Lipinski definition) is 9. The smallest absolute Gasteiger partial charge is 0.509 e. The molecule has 0 spiro atoms. The molecule has 290 valence electrons. The number of nitrogens with zero attached hydrogens (tertiary/aromatic N) is 4. The monoisotopic (exact) mass is 771 g/mol. The number of alkyl halides is 6. The Balaban J connectivity index is 1.29. The van der Waals surface area contributed by atoms with Gasteiger partial charge in [0, 0.05) is 37.3 Å². The molecule has 0 aliphatic carbocycles. The fourth-order valence-corrected chi connectivity index (χ4v) is 6.61. The SMILES string of the molecule is C[C@]12CCCN1N(Cc1ccc(OCCN3CCOCC3)c(F)c1F)C(=O)C(C(=O)Nc1ccc(C(F)(F)F)nc1-c1ccccc1OC(F)(F)F)=C2O. The number of ether oxygens (including phenoxy) is 3. The molecule has 2 amide bonds. The number of hydrazine groups is 1. The molecule has 2 fully saturated rings. The van der Waals surface area contributed by atoms with Crippen molar-refractivity contribution in [3.05, 3.63) is 82.8 Å². The van der Waals surface area contributed by atoms with Crippen LogP contribution in [0.4, 0.5) is 40.8 Å². The van der Waals surface area contributed by atoms with Gasteiger partial charge < -0.3 is 24.6 Å². The van der Waals surface area contributed by atoms with Gasteiger partial charge in [-0.2, -0.15) is 17.6 Å². The van der Waals surface area contributed by atoms with E-state index in [9.17, 15) is 41.0 Å². The minimum atomic E-state index is -5.25. The molecule has 2 N–H and O–H groups in total. The summed E-state index contributed by atoms with van der Waals surface area (Å²) in [7, 11) is 0. The highest BCUT2D eigenvalue weighted by Crippen LogP contribution is 2.43. The van der Waals surface area contributed by atoms with E-state index >= 15 is 8.78 Å². The summed E-state index contributed by atoms with van der Waals surface area (Å²) in [5.41, 5.74) is -6.06. The van der Waals surface area contributed by atoms with Crippen LogP contribution in [-0.2, 0) is 27.0 Å². The zero-order valence-electron chi connectivity index (χ0n) is 28.5. The third-order valence-corrected chi connectivity index (χ3v) is 9.33. The first kappa shape index (κ1) is 38.7. The number of morpholine rings is 1. The summed E-state index contributed by atoms with van der Waals surface area (Å²) in [4.78, 5) is 33.4. The van der Waals surface area contributed by atoms with Crippen LogP contribution in [0.2, 0.25) is 0 Å². The van der Waals surface area contributed by atoms with Crippen LogP contribution in [0, 0.1) is 11.6 Å². The Morgan fingerprint density at radius 2 is 1.70 bits per heavy atom. The molecule has 3 aromatic rings. The van der Waals surface area contributed by atoms with Crippen molar-refractivity contribution in [2.24, 2.45) is 0 Å². The van der Waals surface area contributed by atoms with Crippen LogP contribution in [0.5, 0.6) is 11.5 Å². The minimum absolute atomic E-state index is 0.0616. The standard InChI is InChI=1S/C35H33F8N5O6/c1-33-11-4-12-48(33)47(19-20-7-9-24(28(37)27(20)36)53-18-15-46-13-16-52-17-14-46)32(51)26(30(33)49)31(50)44-22-8-10-25(34(38,39)40)45-29(22)21-5-2-3-6-23(21)54-35(41,42)43/h2-3,5-10,49H,4,11-19H2,1H3,(H,44,50)/t33-/m1/s1. The molecule has 3 aliphatic heterocycles.